The van der Waals surface area contributed by atoms with Crippen molar-refractivity contribution in [1.29, 1.82) is 0 Å². The molecule has 2 rings (SSSR count). The lowest BCUT2D eigenvalue weighted by atomic mass is 10.3. The van der Waals surface area contributed by atoms with E-state index in [4.69, 9.17) is 9.15 Å². The second-order valence-electron chi connectivity index (χ2n) is 4.21. The van der Waals surface area contributed by atoms with Crippen LogP contribution in [0.3, 0.4) is 0 Å². The lowest BCUT2D eigenvalue weighted by molar-refractivity contribution is 0.213. The van der Waals surface area contributed by atoms with Crippen LogP contribution in [-0.2, 0) is 6.54 Å². The minimum Gasteiger partial charge on any atom is -0.488 e. The van der Waals surface area contributed by atoms with Crippen LogP contribution in [0.25, 0.3) is 0 Å². The molecule has 1 N–H and O–H groups in total. The van der Waals surface area contributed by atoms with E-state index in [1.165, 1.54) is 12.1 Å². The average Bonchev–Trinajstić information content (AvgIpc) is 2.87. The van der Waals surface area contributed by atoms with Crippen molar-refractivity contribution >= 4 is 15.9 Å². The van der Waals surface area contributed by atoms with Crippen molar-refractivity contribution in [2.24, 2.45) is 0 Å². The maximum atomic E-state index is 13.1. The number of hydrogen-bond donors (Lipinski definition) is 1. The third-order valence-corrected chi connectivity index (χ3v) is 3.19. The molecule has 0 fully saturated rings. The van der Waals surface area contributed by atoms with Gasteiger partial charge < -0.3 is 14.5 Å². The van der Waals surface area contributed by atoms with Crippen LogP contribution in [0.1, 0.15) is 12.7 Å². The van der Waals surface area contributed by atoms with Crippen molar-refractivity contribution in [1.82, 2.24) is 5.32 Å². The number of nitrogens with one attached hydrogen (secondary N) is 1. The molecule has 0 bridgehead atoms. The molecule has 5 heteroatoms. The van der Waals surface area contributed by atoms with E-state index in [0.29, 0.717) is 18.8 Å². The zero-order valence-corrected chi connectivity index (χ0v) is 12.1. The number of benzene rings is 1. The quantitative estimate of drug-likeness (QED) is 0.877. The van der Waals surface area contributed by atoms with Crippen LogP contribution in [0.4, 0.5) is 4.39 Å². The van der Waals surface area contributed by atoms with Gasteiger partial charge in [-0.05, 0) is 47.1 Å². The van der Waals surface area contributed by atoms with Crippen LogP contribution in [0.15, 0.2) is 45.5 Å². The van der Waals surface area contributed by atoms with Gasteiger partial charge in [-0.15, -0.1) is 0 Å². The lowest BCUT2D eigenvalue weighted by Crippen LogP contribution is -2.28. The van der Waals surface area contributed by atoms with Crippen LogP contribution < -0.4 is 10.1 Å². The van der Waals surface area contributed by atoms with Crippen molar-refractivity contribution in [3.63, 3.8) is 0 Å². The lowest BCUT2D eigenvalue weighted by Gasteiger charge is -2.16. The van der Waals surface area contributed by atoms with E-state index in [1.54, 1.807) is 12.3 Å². The Labute approximate surface area is 119 Å². The molecule has 1 heterocycles. The maximum absolute atomic E-state index is 13.1. The van der Waals surface area contributed by atoms with E-state index in [0.717, 1.165) is 10.2 Å². The van der Waals surface area contributed by atoms with Gasteiger partial charge in [0.2, 0.25) is 0 Å². The first-order chi connectivity index (χ1) is 9.15. The Morgan fingerprint density at radius 1 is 1.42 bits per heavy atom. The van der Waals surface area contributed by atoms with Crippen molar-refractivity contribution in [2.45, 2.75) is 19.6 Å². The largest absolute Gasteiger partial charge is 0.488 e. The van der Waals surface area contributed by atoms with Gasteiger partial charge >= 0.3 is 0 Å². The minimum atomic E-state index is -0.311. The standard InChI is InChI=1S/C14H15BrFNO2/c1-10(8-17-9-12-3-2-6-18-12)19-14-7-11(16)4-5-13(14)15/h2-7,10,17H,8-9H2,1H3. The predicted octanol–water partition coefficient (Wildman–Crippen LogP) is 3.74. The van der Waals surface area contributed by atoms with Gasteiger partial charge in [-0.1, -0.05) is 0 Å². The molecular weight excluding hydrogens is 313 g/mol. The molecule has 0 spiro atoms. The molecule has 0 aliphatic rings. The molecule has 1 unspecified atom stereocenters. The Bertz CT molecular complexity index is 516. The molecule has 1 atom stereocenters. The number of hydrogen-bond acceptors (Lipinski definition) is 3. The molecular formula is C14H15BrFNO2. The van der Waals surface area contributed by atoms with Crippen LogP contribution in [-0.4, -0.2) is 12.6 Å². The van der Waals surface area contributed by atoms with Crippen LogP contribution in [0.5, 0.6) is 5.75 Å². The molecule has 19 heavy (non-hydrogen) atoms. The van der Waals surface area contributed by atoms with Gasteiger partial charge in [0.25, 0.3) is 0 Å². The molecule has 2 aromatic rings. The predicted molar refractivity (Wildman–Crippen MR) is 74.6 cm³/mol. The second kappa shape index (κ2) is 6.73. The Balaban J connectivity index is 1.80. The minimum absolute atomic E-state index is 0.0759. The van der Waals surface area contributed by atoms with Crippen molar-refractivity contribution in [3.05, 3.63) is 52.6 Å². The maximum Gasteiger partial charge on any atom is 0.136 e. The van der Waals surface area contributed by atoms with Gasteiger partial charge in [0.15, 0.2) is 0 Å². The number of ether oxygens (including phenoxy) is 1. The summed E-state index contributed by atoms with van der Waals surface area (Å²) in [6.45, 7) is 3.21. The summed E-state index contributed by atoms with van der Waals surface area (Å²) in [6, 6.07) is 8.14. The summed E-state index contributed by atoms with van der Waals surface area (Å²) in [7, 11) is 0. The summed E-state index contributed by atoms with van der Waals surface area (Å²) in [5.74, 6) is 1.07. The monoisotopic (exact) mass is 327 g/mol. The third kappa shape index (κ3) is 4.36. The first-order valence-corrected chi connectivity index (χ1v) is 6.79. The smallest absolute Gasteiger partial charge is 0.136 e. The Morgan fingerprint density at radius 3 is 3.00 bits per heavy atom. The molecule has 1 aromatic carbocycles. The van der Waals surface area contributed by atoms with Gasteiger partial charge in [0.1, 0.15) is 23.4 Å². The van der Waals surface area contributed by atoms with E-state index in [1.807, 2.05) is 19.1 Å². The van der Waals surface area contributed by atoms with Crippen LogP contribution in [0.2, 0.25) is 0 Å². The Hall–Kier alpha value is -1.33. The molecule has 0 aliphatic heterocycles. The highest BCUT2D eigenvalue weighted by Gasteiger charge is 2.08. The average molecular weight is 328 g/mol. The highest BCUT2D eigenvalue weighted by molar-refractivity contribution is 9.10. The summed E-state index contributed by atoms with van der Waals surface area (Å²) in [5, 5.41) is 3.21. The fraction of sp³-hybridized carbons (Fsp3) is 0.286. The summed E-state index contributed by atoms with van der Waals surface area (Å²) in [4.78, 5) is 0. The Kier molecular flexibility index (Phi) is 4.99. The Morgan fingerprint density at radius 2 is 2.26 bits per heavy atom. The molecule has 0 amide bonds. The van der Waals surface area contributed by atoms with E-state index in [9.17, 15) is 4.39 Å². The topological polar surface area (TPSA) is 34.4 Å². The number of furan rings is 1. The summed E-state index contributed by atoms with van der Waals surface area (Å²) in [6.07, 6.45) is 1.56. The highest BCUT2D eigenvalue weighted by Crippen LogP contribution is 2.26. The van der Waals surface area contributed by atoms with Gasteiger partial charge in [0, 0.05) is 12.6 Å². The van der Waals surface area contributed by atoms with Gasteiger partial charge in [-0.25, -0.2) is 4.39 Å². The van der Waals surface area contributed by atoms with E-state index >= 15 is 0 Å². The highest BCUT2D eigenvalue weighted by atomic mass is 79.9. The third-order valence-electron chi connectivity index (χ3n) is 2.53. The van der Waals surface area contributed by atoms with Crippen molar-refractivity contribution < 1.29 is 13.5 Å². The van der Waals surface area contributed by atoms with E-state index < -0.39 is 0 Å². The molecule has 1 aromatic heterocycles. The molecule has 0 radical (unpaired) electrons. The van der Waals surface area contributed by atoms with E-state index in [-0.39, 0.29) is 11.9 Å². The van der Waals surface area contributed by atoms with Gasteiger partial charge in [-0.3, -0.25) is 0 Å². The van der Waals surface area contributed by atoms with Gasteiger partial charge in [0.05, 0.1) is 17.3 Å². The zero-order valence-electron chi connectivity index (χ0n) is 10.5. The second-order valence-corrected chi connectivity index (χ2v) is 5.07. The SMILES string of the molecule is CC(CNCc1ccco1)Oc1cc(F)ccc1Br. The molecule has 0 saturated carbocycles. The van der Waals surface area contributed by atoms with Crippen molar-refractivity contribution in [2.75, 3.05) is 6.54 Å². The van der Waals surface area contributed by atoms with Crippen LogP contribution in [0, 0.1) is 5.82 Å². The number of rotatable bonds is 6. The molecule has 102 valence electrons. The van der Waals surface area contributed by atoms with Gasteiger partial charge in [-0.2, -0.15) is 0 Å². The summed E-state index contributed by atoms with van der Waals surface area (Å²) >= 11 is 3.33. The van der Waals surface area contributed by atoms with Crippen LogP contribution >= 0.6 is 15.9 Å². The summed E-state index contributed by atoms with van der Waals surface area (Å²) in [5.41, 5.74) is 0. The van der Waals surface area contributed by atoms with Crippen molar-refractivity contribution in [3.8, 4) is 5.75 Å². The first-order valence-electron chi connectivity index (χ1n) is 6.00. The molecule has 3 nitrogen and oxygen atoms in total. The fourth-order valence-corrected chi connectivity index (χ4v) is 1.98. The zero-order chi connectivity index (χ0) is 13.7. The molecule has 0 aliphatic carbocycles. The van der Waals surface area contributed by atoms with E-state index in [2.05, 4.69) is 21.2 Å². The normalized spacial score (nSPS) is 12.4. The fourth-order valence-electron chi connectivity index (χ4n) is 1.64. The summed E-state index contributed by atoms with van der Waals surface area (Å²) < 4.78 is 24.7. The first kappa shape index (κ1) is 14.1. The molecule has 0 saturated heterocycles. The number of halogens is 2.